The highest BCUT2D eigenvalue weighted by molar-refractivity contribution is 5.42. The summed E-state index contributed by atoms with van der Waals surface area (Å²) in [6.45, 7) is 0.521. The molecule has 96 valence electrons. The van der Waals surface area contributed by atoms with Crippen LogP contribution in [0.2, 0.25) is 0 Å². The van der Waals surface area contributed by atoms with E-state index in [0.717, 1.165) is 24.0 Å². The second-order valence-corrected chi connectivity index (χ2v) is 4.54. The Balaban J connectivity index is 2.17. The summed E-state index contributed by atoms with van der Waals surface area (Å²) < 4.78 is 10.5. The van der Waals surface area contributed by atoms with Crippen molar-refractivity contribution in [3.05, 3.63) is 35.4 Å². The highest BCUT2D eigenvalue weighted by Crippen LogP contribution is 2.49. The standard InChI is InChI=1S/C14H17NO3/c1-17-9-13(18-2)11-3-5-12(6-4-11)14(7-8-14)15-10-16/h3-6,13H,7-9H2,1-2H3. The van der Waals surface area contributed by atoms with Crippen LogP contribution in [-0.4, -0.2) is 26.9 Å². The molecule has 1 aromatic carbocycles. The molecule has 0 spiro atoms. The monoisotopic (exact) mass is 247 g/mol. The number of carbonyl (C=O) groups excluding carboxylic acids is 1. The van der Waals surface area contributed by atoms with Crippen LogP contribution in [-0.2, 0) is 19.8 Å². The molecule has 1 saturated carbocycles. The minimum Gasteiger partial charge on any atom is -0.382 e. The van der Waals surface area contributed by atoms with Crippen LogP contribution in [0.4, 0.5) is 0 Å². The fourth-order valence-electron chi connectivity index (χ4n) is 2.13. The maximum atomic E-state index is 10.4. The SMILES string of the molecule is COCC(OC)c1ccc(C2(N=C=O)CC2)cc1. The van der Waals surface area contributed by atoms with Crippen LogP contribution in [0, 0.1) is 0 Å². The number of rotatable bonds is 6. The Bertz CT molecular complexity index is 445. The van der Waals surface area contributed by atoms with Crippen molar-refractivity contribution >= 4 is 6.08 Å². The molecule has 1 aromatic rings. The smallest absolute Gasteiger partial charge is 0.235 e. The molecule has 0 bridgehead atoms. The van der Waals surface area contributed by atoms with Gasteiger partial charge < -0.3 is 9.47 Å². The fourth-order valence-corrected chi connectivity index (χ4v) is 2.13. The Morgan fingerprint density at radius 1 is 1.33 bits per heavy atom. The maximum Gasteiger partial charge on any atom is 0.235 e. The molecule has 2 rings (SSSR count). The largest absolute Gasteiger partial charge is 0.382 e. The lowest BCUT2D eigenvalue weighted by atomic mass is 10.0. The molecule has 0 N–H and O–H groups in total. The molecular formula is C14H17NO3. The third-order valence-corrected chi connectivity index (χ3v) is 3.41. The van der Waals surface area contributed by atoms with Gasteiger partial charge in [-0.2, -0.15) is 4.99 Å². The molecule has 0 radical (unpaired) electrons. The number of ether oxygens (including phenoxy) is 2. The van der Waals surface area contributed by atoms with Gasteiger partial charge in [-0.3, -0.25) is 0 Å². The van der Waals surface area contributed by atoms with E-state index in [4.69, 9.17) is 9.47 Å². The van der Waals surface area contributed by atoms with E-state index in [1.165, 1.54) is 0 Å². The first kappa shape index (κ1) is 13.0. The van der Waals surface area contributed by atoms with Gasteiger partial charge in [0.1, 0.15) is 6.10 Å². The number of hydrogen-bond acceptors (Lipinski definition) is 4. The van der Waals surface area contributed by atoms with E-state index in [1.54, 1.807) is 20.3 Å². The first-order valence-electron chi connectivity index (χ1n) is 5.97. The van der Waals surface area contributed by atoms with Crippen LogP contribution in [0.25, 0.3) is 0 Å². The van der Waals surface area contributed by atoms with Crippen molar-refractivity contribution in [3.63, 3.8) is 0 Å². The molecule has 18 heavy (non-hydrogen) atoms. The zero-order chi connectivity index (χ0) is 13.0. The Morgan fingerprint density at radius 2 is 2.00 bits per heavy atom. The first-order valence-corrected chi connectivity index (χ1v) is 5.97. The van der Waals surface area contributed by atoms with E-state index >= 15 is 0 Å². The molecule has 0 aromatic heterocycles. The van der Waals surface area contributed by atoms with E-state index in [1.807, 2.05) is 24.3 Å². The Hall–Kier alpha value is -1.48. The Labute approximate surface area is 107 Å². The summed E-state index contributed by atoms with van der Waals surface area (Å²) in [5.74, 6) is 0. The number of nitrogens with zero attached hydrogens (tertiary/aromatic N) is 1. The molecule has 1 atom stereocenters. The molecular weight excluding hydrogens is 230 g/mol. The minimum absolute atomic E-state index is 0.0613. The van der Waals surface area contributed by atoms with Crippen molar-refractivity contribution in [3.8, 4) is 0 Å². The predicted octanol–water partition coefficient (Wildman–Crippen LogP) is 2.35. The number of benzene rings is 1. The third-order valence-electron chi connectivity index (χ3n) is 3.41. The summed E-state index contributed by atoms with van der Waals surface area (Å²) in [5.41, 5.74) is 1.83. The number of methoxy groups -OCH3 is 2. The molecule has 1 aliphatic rings. The summed E-state index contributed by atoms with van der Waals surface area (Å²) in [6, 6.07) is 8.02. The number of hydrogen-bond donors (Lipinski definition) is 0. The Morgan fingerprint density at radius 3 is 2.44 bits per heavy atom. The molecule has 0 heterocycles. The van der Waals surface area contributed by atoms with Gasteiger partial charge >= 0.3 is 0 Å². The van der Waals surface area contributed by atoms with Gasteiger partial charge in [-0.25, -0.2) is 4.79 Å². The predicted molar refractivity (Wildman–Crippen MR) is 67.1 cm³/mol. The molecule has 1 aliphatic carbocycles. The molecule has 1 fully saturated rings. The first-order chi connectivity index (χ1) is 8.75. The summed E-state index contributed by atoms with van der Waals surface area (Å²) in [6.07, 6.45) is 3.45. The maximum absolute atomic E-state index is 10.4. The highest BCUT2D eigenvalue weighted by Gasteiger charge is 2.44. The Kier molecular flexibility index (Phi) is 3.92. The molecule has 1 unspecified atom stereocenters. The van der Waals surface area contributed by atoms with Crippen LogP contribution in [0.1, 0.15) is 30.1 Å². The normalized spacial score (nSPS) is 17.9. The topological polar surface area (TPSA) is 47.9 Å². The average Bonchev–Trinajstić information content (AvgIpc) is 3.18. The van der Waals surface area contributed by atoms with E-state index in [0.29, 0.717) is 6.61 Å². The van der Waals surface area contributed by atoms with Gasteiger partial charge in [-0.15, -0.1) is 0 Å². The van der Waals surface area contributed by atoms with Gasteiger partial charge in [0.25, 0.3) is 0 Å². The second-order valence-electron chi connectivity index (χ2n) is 4.54. The summed E-state index contributed by atoms with van der Waals surface area (Å²) in [4.78, 5) is 14.3. The van der Waals surface area contributed by atoms with Crippen molar-refractivity contribution < 1.29 is 14.3 Å². The molecule has 0 aliphatic heterocycles. The highest BCUT2D eigenvalue weighted by atomic mass is 16.5. The van der Waals surface area contributed by atoms with Gasteiger partial charge in [-0.1, -0.05) is 24.3 Å². The van der Waals surface area contributed by atoms with Gasteiger partial charge in [0, 0.05) is 14.2 Å². The lowest BCUT2D eigenvalue weighted by Gasteiger charge is -2.16. The van der Waals surface area contributed by atoms with Crippen molar-refractivity contribution in [2.75, 3.05) is 20.8 Å². The van der Waals surface area contributed by atoms with E-state index < -0.39 is 0 Å². The van der Waals surface area contributed by atoms with E-state index in [2.05, 4.69) is 4.99 Å². The number of isocyanates is 1. The minimum atomic E-state index is -0.301. The summed E-state index contributed by atoms with van der Waals surface area (Å²) in [5, 5.41) is 0. The molecule has 0 amide bonds. The fraction of sp³-hybridized carbons (Fsp3) is 0.500. The molecule has 4 heteroatoms. The van der Waals surface area contributed by atoms with Crippen LogP contribution in [0.3, 0.4) is 0 Å². The van der Waals surface area contributed by atoms with Gasteiger partial charge in [-0.05, 0) is 24.0 Å². The zero-order valence-electron chi connectivity index (χ0n) is 10.7. The lowest BCUT2D eigenvalue weighted by Crippen LogP contribution is -2.09. The van der Waals surface area contributed by atoms with E-state index in [-0.39, 0.29) is 11.6 Å². The third kappa shape index (κ3) is 2.51. The van der Waals surface area contributed by atoms with Crippen LogP contribution in [0.5, 0.6) is 0 Å². The molecule has 4 nitrogen and oxygen atoms in total. The summed E-state index contributed by atoms with van der Waals surface area (Å²) >= 11 is 0. The van der Waals surface area contributed by atoms with Gasteiger partial charge in [0.2, 0.25) is 6.08 Å². The van der Waals surface area contributed by atoms with Crippen molar-refractivity contribution in [2.24, 2.45) is 4.99 Å². The van der Waals surface area contributed by atoms with Crippen LogP contribution in [0.15, 0.2) is 29.3 Å². The van der Waals surface area contributed by atoms with Gasteiger partial charge in [0.05, 0.1) is 12.1 Å². The second kappa shape index (κ2) is 5.44. The van der Waals surface area contributed by atoms with Gasteiger partial charge in [0.15, 0.2) is 0 Å². The quantitative estimate of drug-likeness (QED) is 0.572. The van der Waals surface area contributed by atoms with Crippen molar-refractivity contribution in [1.29, 1.82) is 0 Å². The lowest BCUT2D eigenvalue weighted by molar-refractivity contribution is 0.0275. The summed E-state index contributed by atoms with van der Waals surface area (Å²) in [7, 11) is 3.31. The van der Waals surface area contributed by atoms with Crippen LogP contribution < -0.4 is 0 Å². The molecule has 0 saturated heterocycles. The van der Waals surface area contributed by atoms with Crippen molar-refractivity contribution in [1.82, 2.24) is 0 Å². The zero-order valence-corrected chi connectivity index (χ0v) is 10.7. The number of aliphatic imine (C=N–C) groups is 1. The van der Waals surface area contributed by atoms with Crippen LogP contribution >= 0.6 is 0 Å². The average molecular weight is 247 g/mol. The van der Waals surface area contributed by atoms with E-state index in [9.17, 15) is 4.79 Å². The van der Waals surface area contributed by atoms with Crippen molar-refractivity contribution in [2.45, 2.75) is 24.5 Å².